The summed E-state index contributed by atoms with van der Waals surface area (Å²) in [6.45, 7) is 1.39. The van der Waals surface area contributed by atoms with Gasteiger partial charge in [0.2, 0.25) is 0 Å². The van der Waals surface area contributed by atoms with E-state index < -0.39 is 0 Å². The van der Waals surface area contributed by atoms with Crippen molar-refractivity contribution in [1.82, 2.24) is 5.34 Å². The zero-order valence-electron chi connectivity index (χ0n) is 9.39. The normalized spacial score (nSPS) is 19.5. The van der Waals surface area contributed by atoms with Gasteiger partial charge in [0, 0.05) is 5.34 Å². The molecule has 0 aliphatic carbocycles. The molecule has 0 unspecified atom stereocenters. The summed E-state index contributed by atoms with van der Waals surface area (Å²) in [4.78, 5) is 10.9. The van der Waals surface area contributed by atoms with Crippen LogP contribution in [0.3, 0.4) is 0 Å². The van der Waals surface area contributed by atoms with Gasteiger partial charge in [0.25, 0.3) is 0 Å². The Kier molecular flexibility index (Phi) is 4.61. The first-order valence-electron chi connectivity index (χ1n) is 5.83. The van der Waals surface area contributed by atoms with Crippen LogP contribution in [-0.2, 0) is 9.68 Å². The van der Waals surface area contributed by atoms with Crippen molar-refractivity contribution in [1.29, 1.82) is 0 Å². The van der Waals surface area contributed by atoms with Crippen LogP contribution in [0.4, 0.5) is 5.69 Å². The predicted octanol–water partition coefficient (Wildman–Crippen LogP) is 2.75. The second-order valence-electron chi connectivity index (χ2n) is 3.82. The molecule has 4 nitrogen and oxygen atoms in total. The molecule has 1 fully saturated rings. The van der Waals surface area contributed by atoms with Crippen molar-refractivity contribution < 1.29 is 9.68 Å². The first kappa shape index (κ1) is 11.4. The maximum absolute atomic E-state index is 5.47. The highest BCUT2D eigenvalue weighted by molar-refractivity contribution is 5.40. The van der Waals surface area contributed by atoms with Crippen LogP contribution < -0.4 is 5.43 Å². The molecule has 1 aliphatic heterocycles. The van der Waals surface area contributed by atoms with Gasteiger partial charge in [-0.1, -0.05) is 31.0 Å². The van der Waals surface area contributed by atoms with E-state index in [1.807, 2.05) is 30.3 Å². The average molecular weight is 222 g/mol. The minimum absolute atomic E-state index is 0.694. The molecule has 0 saturated carbocycles. The van der Waals surface area contributed by atoms with Gasteiger partial charge in [-0.2, -0.15) is 0 Å². The molecule has 1 N–H and O–H groups in total. The minimum atomic E-state index is 0.694. The van der Waals surface area contributed by atoms with Gasteiger partial charge in [0.1, 0.15) is 0 Å². The van der Waals surface area contributed by atoms with Crippen molar-refractivity contribution in [2.45, 2.75) is 25.7 Å². The van der Waals surface area contributed by atoms with Crippen LogP contribution in [0.15, 0.2) is 30.3 Å². The summed E-state index contributed by atoms with van der Waals surface area (Å²) in [5, 5.41) is 1.38. The van der Waals surface area contributed by atoms with Crippen molar-refractivity contribution >= 4 is 5.69 Å². The number of nitrogens with zero attached hydrogens (tertiary/aromatic N) is 1. The van der Waals surface area contributed by atoms with E-state index in [0.717, 1.165) is 18.5 Å². The highest BCUT2D eigenvalue weighted by atomic mass is 17.0. The molecule has 88 valence electrons. The fourth-order valence-corrected chi connectivity index (χ4v) is 1.57. The molecule has 1 aromatic carbocycles. The summed E-state index contributed by atoms with van der Waals surface area (Å²) in [6, 6.07) is 9.86. The number of hydrazine groups is 1. The fourth-order valence-electron chi connectivity index (χ4n) is 1.57. The number of rotatable bonds is 2. The van der Waals surface area contributed by atoms with Crippen molar-refractivity contribution in [3.63, 3.8) is 0 Å². The molecular weight excluding hydrogens is 204 g/mol. The monoisotopic (exact) mass is 222 g/mol. The summed E-state index contributed by atoms with van der Waals surface area (Å²) in [5.74, 6) is 0. The van der Waals surface area contributed by atoms with E-state index in [4.69, 9.17) is 9.68 Å². The van der Waals surface area contributed by atoms with Crippen LogP contribution in [0, 0.1) is 0 Å². The van der Waals surface area contributed by atoms with Gasteiger partial charge in [-0.15, -0.1) is 0 Å². The van der Waals surface area contributed by atoms with Crippen molar-refractivity contribution in [3.8, 4) is 0 Å². The van der Waals surface area contributed by atoms with Crippen LogP contribution in [0.1, 0.15) is 25.7 Å². The predicted molar refractivity (Wildman–Crippen MR) is 62.3 cm³/mol. The van der Waals surface area contributed by atoms with Gasteiger partial charge in [-0.3, -0.25) is 15.1 Å². The van der Waals surface area contributed by atoms with Crippen molar-refractivity contribution in [3.05, 3.63) is 30.3 Å². The van der Waals surface area contributed by atoms with Crippen LogP contribution in [0.2, 0.25) is 0 Å². The van der Waals surface area contributed by atoms with E-state index in [9.17, 15) is 0 Å². The van der Waals surface area contributed by atoms with Gasteiger partial charge in [-0.05, 0) is 25.0 Å². The van der Waals surface area contributed by atoms with Crippen molar-refractivity contribution in [2.24, 2.45) is 0 Å². The molecule has 16 heavy (non-hydrogen) atoms. The van der Waals surface area contributed by atoms with Crippen LogP contribution in [0.25, 0.3) is 0 Å². The molecule has 1 saturated heterocycles. The Labute approximate surface area is 96.0 Å². The third-order valence-electron chi connectivity index (χ3n) is 2.45. The molecule has 0 amide bonds. The highest BCUT2D eigenvalue weighted by Gasteiger charge is 2.08. The van der Waals surface area contributed by atoms with Crippen LogP contribution in [-0.4, -0.2) is 18.5 Å². The van der Waals surface area contributed by atoms with E-state index in [2.05, 4.69) is 5.43 Å². The SMILES string of the molecule is c1ccc(NN2OCCCCCCO2)cc1. The second kappa shape index (κ2) is 6.48. The maximum Gasteiger partial charge on any atom is 0.0731 e. The molecule has 2 rings (SSSR count). The largest absolute Gasteiger partial charge is 0.272 e. The number of nitrogens with one attached hydrogen (secondary N) is 1. The summed E-state index contributed by atoms with van der Waals surface area (Å²) in [7, 11) is 0. The molecule has 0 spiro atoms. The lowest BCUT2D eigenvalue weighted by atomic mass is 10.2. The Bertz CT molecular complexity index is 282. The summed E-state index contributed by atoms with van der Waals surface area (Å²) in [5.41, 5.74) is 4.03. The molecule has 1 heterocycles. The van der Waals surface area contributed by atoms with Crippen LogP contribution >= 0.6 is 0 Å². The van der Waals surface area contributed by atoms with Gasteiger partial charge >= 0.3 is 0 Å². The third-order valence-corrected chi connectivity index (χ3v) is 2.45. The lowest BCUT2D eigenvalue weighted by molar-refractivity contribution is -0.351. The highest BCUT2D eigenvalue weighted by Crippen LogP contribution is 2.10. The molecule has 1 aliphatic rings. The smallest absolute Gasteiger partial charge is 0.0731 e. The third kappa shape index (κ3) is 3.81. The molecule has 0 aromatic heterocycles. The van der Waals surface area contributed by atoms with E-state index in [1.165, 1.54) is 18.2 Å². The lowest BCUT2D eigenvalue weighted by Crippen LogP contribution is -2.30. The molecule has 1 aromatic rings. The van der Waals surface area contributed by atoms with E-state index in [1.54, 1.807) is 0 Å². The summed E-state index contributed by atoms with van der Waals surface area (Å²) < 4.78 is 0. The topological polar surface area (TPSA) is 33.7 Å². The fraction of sp³-hybridized carbons (Fsp3) is 0.500. The minimum Gasteiger partial charge on any atom is -0.272 e. The lowest BCUT2D eigenvalue weighted by Gasteiger charge is -2.21. The average Bonchev–Trinajstić information content (AvgIpc) is 2.45. The number of anilines is 1. The Morgan fingerprint density at radius 2 is 1.50 bits per heavy atom. The van der Waals surface area contributed by atoms with Crippen LogP contribution in [0.5, 0.6) is 0 Å². The maximum atomic E-state index is 5.47. The Balaban J connectivity index is 1.86. The first-order valence-corrected chi connectivity index (χ1v) is 5.83. The molecule has 4 heteroatoms. The molecular formula is C12H18N2O2. The number of hydrogen-bond donors (Lipinski definition) is 1. The Morgan fingerprint density at radius 3 is 2.12 bits per heavy atom. The number of hydrogen-bond acceptors (Lipinski definition) is 4. The Hall–Kier alpha value is -1.10. The number of para-hydroxylation sites is 1. The first-order chi connectivity index (χ1) is 7.95. The molecule has 0 atom stereocenters. The van der Waals surface area contributed by atoms with Gasteiger partial charge < -0.3 is 0 Å². The van der Waals surface area contributed by atoms with Gasteiger partial charge in [0.05, 0.1) is 18.9 Å². The van der Waals surface area contributed by atoms with Crippen molar-refractivity contribution in [2.75, 3.05) is 18.6 Å². The zero-order chi connectivity index (χ0) is 11.1. The van der Waals surface area contributed by atoms with Gasteiger partial charge in [0.15, 0.2) is 0 Å². The van der Waals surface area contributed by atoms with Gasteiger partial charge in [-0.25, -0.2) is 0 Å². The standard InChI is InChI=1S/C12H18N2O2/c1-2-7-11-16-14(15-10-6-1)13-12-8-4-3-5-9-12/h3-5,8-9,13H,1-2,6-7,10-11H2. The zero-order valence-corrected chi connectivity index (χ0v) is 9.39. The molecule has 0 bridgehead atoms. The van der Waals surface area contributed by atoms with E-state index in [-0.39, 0.29) is 0 Å². The van der Waals surface area contributed by atoms with E-state index in [0.29, 0.717) is 13.2 Å². The molecule has 0 radical (unpaired) electrons. The summed E-state index contributed by atoms with van der Waals surface area (Å²) >= 11 is 0. The quantitative estimate of drug-likeness (QED) is 0.834. The van der Waals surface area contributed by atoms with E-state index >= 15 is 0 Å². The Morgan fingerprint density at radius 1 is 0.875 bits per heavy atom. The number of benzene rings is 1. The summed E-state index contributed by atoms with van der Waals surface area (Å²) in [6.07, 6.45) is 4.58. The second-order valence-corrected chi connectivity index (χ2v) is 3.82.